The van der Waals surface area contributed by atoms with Crippen molar-refractivity contribution < 1.29 is 14.3 Å². The Bertz CT molecular complexity index is 884. The van der Waals surface area contributed by atoms with E-state index < -0.39 is 18.2 Å². The van der Waals surface area contributed by atoms with Crippen LogP contribution in [0.1, 0.15) is 43.0 Å². The molecule has 0 radical (unpaired) electrons. The van der Waals surface area contributed by atoms with Crippen LogP contribution in [0.25, 0.3) is 0 Å². The van der Waals surface area contributed by atoms with Gasteiger partial charge >= 0.3 is 0 Å². The molecule has 1 unspecified atom stereocenters. The minimum atomic E-state index is -0.572. The van der Waals surface area contributed by atoms with Crippen molar-refractivity contribution >= 4 is 35.0 Å². The molecule has 0 bridgehead atoms. The Morgan fingerprint density at radius 2 is 1.60 bits per heavy atom. The van der Waals surface area contributed by atoms with Crippen LogP contribution in [0.3, 0.4) is 0 Å². The number of rotatable bonds is 6. The summed E-state index contributed by atoms with van der Waals surface area (Å²) in [5, 5.41) is 1.23. The van der Waals surface area contributed by atoms with Crippen LogP contribution >= 0.6 is 23.2 Å². The second-order valence-electron chi connectivity index (χ2n) is 7.62. The van der Waals surface area contributed by atoms with E-state index >= 15 is 0 Å². The van der Waals surface area contributed by atoms with Gasteiger partial charge in [-0.15, -0.1) is 0 Å². The molecule has 3 atom stereocenters. The largest absolute Gasteiger partial charge is 0.361 e. The summed E-state index contributed by atoms with van der Waals surface area (Å²) in [4.78, 5) is 29.4. The molecule has 2 aromatic rings. The smallest absolute Gasteiger partial charge is 0.249 e. The predicted octanol–water partition coefficient (Wildman–Crippen LogP) is 4.89. The molecule has 30 heavy (non-hydrogen) atoms. The first-order valence-electron chi connectivity index (χ1n) is 9.98. The second kappa shape index (κ2) is 9.82. The number of morpholine rings is 1. The third kappa shape index (κ3) is 4.80. The van der Waals surface area contributed by atoms with Crippen LogP contribution in [0.15, 0.2) is 48.5 Å². The first-order valence-corrected chi connectivity index (χ1v) is 10.7. The number of carbonyl (C=O) groups is 2. The van der Waals surface area contributed by atoms with Gasteiger partial charge < -0.3 is 14.5 Å². The van der Waals surface area contributed by atoms with Gasteiger partial charge in [0.15, 0.2) is 0 Å². The topological polar surface area (TPSA) is 49.9 Å². The van der Waals surface area contributed by atoms with E-state index in [9.17, 15) is 9.59 Å². The summed E-state index contributed by atoms with van der Waals surface area (Å²) >= 11 is 12.2. The molecule has 1 aliphatic rings. The number of hydrogen-bond acceptors (Lipinski definition) is 3. The number of halogens is 2. The van der Waals surface area contributed by atoms with Crippen LogP contribution in [0.5, 0.6) is 0 Å². The number of amides is 2. The normalized spacial score (nSPS) is 20.2. The van der Waals surface area contributed by atoms with Crippen molar-refractivity contribution in [1.29, 1.82) is 0 Å². The molecule has 0 saturated carbocycles. The fourth-order valence-electron chi connectivity index (χ4n) is 3.87. The SMILES string of the molecule is CCCC(C(=O)N(C)C)N1C(=O)CO[C@@H](c2ccc(Cl)cc2)[C@H]1c1ccc(Cl)cc1. The van der Waals surface area contributed by atoms with Crippen LogP contribution in [0, 0.1) is 0 Å². The lowest BCUT2D eigenvalue weighted by atomic mass is 9.90. The molecule has 0 spiro atoms. The molecule has 0 aliphatic carbocycles. The van der Waals surface area contributed by atoms with Crippen molar-refractivity contribution in [2.45, 2.75) is 38.0 Å². The highest BCUT2D eigenvalue weighted by atomic mass is 35.5. The maximum absolute atomic E-state index is 13.1. The van der Waals surface area contributed by atoms with Crippen LogP contribution < -0.4 is 0 Å². The quantitative estimate of drug-likeness (QED) is 0.631. The van der Waals surface area contributed by atoms with Crippen molar-refractivity contribution in [3.8, 4) is 0 Å². The Morgan fingerprint density at radius 3 is 2.10 bits per heavy atom. The third-order valence-corrected chi connectivity index (χ3v) is 5.80. The first-order chi connectivity index (χ1) is 14.3. The van der Waals surface area contributed by atoms with Crippen molar-refractivity contribution in [2.24, 2.45) is 0 Å². The van der Waals surface area contributed by atoms with Gasteiger partial charge in [0.2, 0.25) is 11.8 Å². The van der Waals surface area contributed by atoms with Gasteiger partial charge in [-0.2, -0.15) is 0 Å². The molecule has 1 heterocycles. The first kappa shape index (κ1) is 22.6. The lowest BCUT2D eigenvalue weighted by molar-refractivity contribution is -0.168. The highest BCUT2D eigenvalue weighted by molar-refractivity contribution is 6.30. The molecule has 5 nitrogen and oxygen atoms in total. The highest BCUT2D eigenvalue weighted by Crippen LogP contribution is 2.42. The summed E-state index contributed by atoms with van der Waals surface area (Å²) in [6, 6.07) is 13.7. The van der Waals surface area contributed by atoms with Crippen LogP contribution in [-0.2, 0) is 14.3 Å². The van der Waals surface area contributed by atoms with Gasteiger partial charge in [0.1, 0.15) is 18.8 Å². The fraction of sp³-hybridized carbons (Fsp3) is 0.391. The number of ether oxygens (including phenoxy) is 1. The molecule has 2 amide bonds. The zero-order valence-electron chi connectivity index (χ0n) is 17.3. The van der Waals surface area contributed by atoms with E-state index in [2.05, 4.69) is 0 Å². The zero-order valence-corrected chi connectivity index (χ0v) is 18.9. The molecule has 1 aliphatic heterocycles. The number of carbonyl (C=O) groups excluding carboxylic acids is 2. The molecule has 2 aromatic carbocycles. The van der Waals surface area contributed by atoms with Gasteiger partial charge in [0, 0.05) is 24.1 Å². The van der Waals surface area contributed by atoms with Gasteiger partial charge in [-0.1, -0.05) is 60.8 Å². The molecular formula is C23H26Cl2N2O3. The molecule has 0 N–H and O–H groups in total. The maximum atomic E-state index is 13.1. The number of benzene rings is 2. The van der Waals surface area contributed by atoms with Crippen LogP contribution in [0.4, 0.5) is 0 Å². The average Bonchev–Trinajstić information content (AvgIpc) is 2.73. The number of likely N-dealkylation sites (N-methyl/N-ethyl adjacent to an activating group) is 1. The summed E-state index contributed by atoms with van der Waals surface area (Å²) in [6.07, 6.45) is 0.907. The van der Waals surface area contributed by atoms with E-state index in [0.717, 1.165) is 17.5 Å². The number of nitrogens with zero attached hydrogens (tertiary/aromatic N) is 2. The molecule has 3 rings (SSSR count). The lowest BCUT2D eigenvalue weighted by Gasteiger charge is -2.45. The Kier molecular flexibility index (Phi) is 7.40. The monoisotopic (exact) mass is 448 g/mol. The van der Waals surface area contributed by atoms with Crippen molar-refractivity contribution in [3.05, 3.63) is 69.7 Å². The van der Waals surface area contributed by atoms with E-state index in [-0.39, 0.29) is 18.4 Å². The Morgan fingerprint density at radius 1 is 1.07 bits per heavy atom. The van der Waals surface area contributed by atoms with E-state index in [0.29, 0.717) is 16.5 Å². The van der Waals surface area contributed by atoms with Gasteiger partial charge in [-0.05, 0) is 41.8 Å². The second-order valence-corrected chi connectivity index (χ2v) is 8.49. The predicted molar refractivity (Wildman–Crippen MR) is 119 cm³/mol. The van der Waals surface area contributed by atoms with Gasteiger partial charge in [0.05, 0.1) is 6.04 Å². The standard InChI is InChI=1S/C23H26Cl2N2O3/c1-4-5-19(23(29)26(2)3)27-20(28)14-30-22(16-8-12-18(25)13-9-16)21(27)15-6-10-17(24)11-7-15/h6-13,19,21-22H,4-5,14H2,1-3H3/t19?,21-,22+/m1/s1. The zero-order chi connectivity index (χ0) is 21.8. The Labute approximate surface area is 187 Å². The summed E-state index contributed by atoms with van der Waals surface area (Å²) < 4.78 is 6.02. The molecular weight excluding hydrogens is 423 g/mol. The highest BCUT2D eigenvalue weighted by Gasteiger charge is 2.44. The van der Waals surface area contributed by atoms with Crippen molar-refractivity contribution in [1.82, 2.24) is 9.80 Å². The van der Waals surface area contributed by atoms with Crippen LogP contribution in [0.2, 0.25) is 10.0 Å². The molecule has 7 heteroatoms. The van der Waals surface area contributed by atoms with Crippen molar-refractivity contribution in [2.75, 3.05) is 20.7 Å². The maximum Gasteiger partial charge on any atom is 0.249 e. The van der Waals surface area contributed by atoms with E-state index in [1.165, 1.54) is 0 Å². The average molecular weight is 449 g/mol. The minimum absolute atomic E-state index is 0.0850. The van der Waals surface area contributed by atoms with Crippen molar-refractivity contribution in [3.63, 3.8) is 0 Å². The summed E-state index contributed by atoms with van der Waals surface area (Å²) in [7, 11) is 3.42. The third-order valence-electron chi connectivity index (χ3n) is 5.29. The van der Waals surface area contributed by atoms with Crippen LogP contribution in [-0.4, -0.2) is 48.4 Å². The minimum Gasteiger partial charge on any atom is -0.361 e. The molecule has 0 aromatic heterocycles. The molecule has 1 fully saturated rings. The molecule has 1 saturated heterocycles. The van der Waals surface area contributed by atoms with Gasteiger partial charge in [-0.3, -0.25) is 9.59 Å². The summed E-state index contributed by atoms with van der Waals surface area (Å²) in [6.45, 7) is 1.92. The number of hydrogen-bond donors (Lipinski definition) is 0. The molecule has 160 valence electrons. The summed E-state index contributed by atoms with van der Waals surface area (Å²) in [5.74, 6) is -0.297. The van der Waals surface area contributed by atoms with E-state index in [1.54, 1.807) is 48.2 Å². The fourth-order valence-corrected chi connectivity index (χ4v) is 4.13. The van der Waals surface area contributed by atoms with E-state index in [4.69, 9.17) is 27.9 Å². The van der Waals surface area contributed by atoms with Gasteiger partial charge in [-0.25, -0.2) is 0 Å². The Balaban J connectivity index is 2.12. The Hall–Kier alpha value is -2.08. The summed E-state index contributed by atoms with van der Waals surface area (Å²) in [5.41, 5.74) is 1.75. The van der Waals surface area contributed by atoms with E-state index in [1.807, 2.05) is 31.2 Å². The van der Waals surface area contributed by atoms with Gasteiger partial charge in [0.25, 0.3) is 0 Å². The lowest BCUT2D eigenvalue weighted by Crippen LogP contribution is -2.55.